The van der Waals surface area contributed by atoms with Crippen molar-refractivity contribution in [1.29, 1.82) is 0 Å². The molecule has 0 bridgehead atoms. The van der Waals surface area contributed by atoms with Crippen LogP contribution in [0.25, 0.3) is 0 Å². The van der Waals surface area contributed by atoms with Crippen LogP contribution in [0.3, 0.4) is 0 Å². The zero-order chi connectivity index (χ0) is 12.8. The number of hydrogen-bond acceptors (Lipinski definition) is 3. The van der Waals surface area contributed by atoms with Crippen LogP contribution in [0.5, 0.6) is 0 Å². The average molecular weight is 246 g/mol. The maximum Gasteiger partial charge on any atom is 0.317 e. The van der Waals surface area contributed by atoms with Crippen molar-refractivity contribution in [2.75, 3.05) is 19.8 Å². The molecule has 1 aromatic rings. The summed E-state index contributed by atoms with van der Waals surface area (Å²) in [6.45, 7) is 3.50. The van der Waals surface area contributed by atoms with Crippen molar-refractivity contribution in [1.82, 2.24) is 0 Å². The van der Waals surface area contributed by atoms with Gasteiger partial charge in [-0.1, -0.05) is 42.0 Å². The summed E-state index contributed by atoms with van der Waals surface area (Å²) in [6.07, 6.45) is 2.79. The van der Waals surface area contributed by atoms with Gasteiger partial charge in [0.15, 0.2) is 0 Å². The van der Waals surface area contributed by atoms with Gasteiger partial charge in [0.25, 0.3) is 0 Å². The molecule has 3 nitrogen and oxygen atoms in total. The summed E-state index contributed by atoms with van der Waals surface area (Å²) in [5.74, 6) is -0.452. The second kappa shape index (κ2) is 6.36. The van der Waals surface area contributed by atoms with Gasteiger partial charge >= 0.3 is 5.97 Å². The molecule has 1 unspecified atom stereocenters. The standard InChI is InChI=1S/C15H18O3/c1-2-18-15(16)14(12-6-4-3-5-7-12)13-8-10-17-11-9-13/h3-8,14H,2,9-11H2,1H3. The van der Waals surface area contributed by atoms with Gasteiger partial charge in [-0.3, -0.25) is 4.79 Å². The van der Waals surface area contributed by atoms with E-state index >= 15 is 0 Å². The Bertz CT molecular complexity index is 423. The summed E-state index contributed by atoms with van der Waals surface area (Å²) in [5.41, 5.74) is 2.09. The Morgan fingerprint density at radius 2 is 2.17 bits per heavy atom. The van der Waals surface area contributed by atoms with Crippen LogP contribution >= 0.6 is 0 Å². The van der Waals surface area contributed by atoms with Crippen LogP contribution in [0.15, 0.2) is 42.0 Å². The van der Waals surface area contributed by atoms with Gasteiger partial charge in [-0.2, -0.15) is 0 Å². The van der Waals surface area contributed by atoms with E-state index in [4.69, 9.17) is 9.47 Å². The van der Waals surface area contributed by atoms with E-state index in [2.05, 4.69) is 0 Å². The van der Waals surface area contributed by atoms with Crippen LogP contribution in [-0.2, 0) is 14.3 Å². The highest BCUT2D eigenvalue weighted by molar-refractivity contribution is 5.82. The number of benzene rings is 1. The molecule has 0 aromatic heterocycles. The molecule has 0 saturated heterocycles. The summed E-state index contributed by atoms with van der Waals surface area (Å²) in [4.78, 5) is 12.1. The van der Waals surface area contributed by atoms with E-state index in [-0.39, 0.29) is 11.9 Å². The Hall–Kier alpha value is -1.61. The minimum absolute atomic E-state index is 0.170. The molecule has 1 heterocycles. The van der Waals surface area contributed by atoms with E-state index in [9.17, 15) is 4.79 Å². The van der Waals surface area contributed by atoms with Crippen LogP contribution < -0.4 is 0 Å². The first kappa shape index (κ1) is 12.8. The lowest BCUT2D eigenvalue weighted by atomic mass is 9.88. The third-order valence-corrected chi connectivity index (χ3v) is 3.02. The highest BCUT2D eigenvalue weighted by Crippen LogP contribution is 2.29. The minimum Gasteiger partial charge on any atom is -0.465 e. The van der Waals surface area contributed by atoms with Crippen LogP contribution in [0.2, 0.25) is 0 Å². The van der Waals surface area contributed by atoms with E-state index in [0.717, 1.165) is 17.6 Å². The SMILES string of the molecule is CCOC(=O)C(C1=CCOCC1)c1ccccc1. The Labute approximate surface area is 107 Å². The molecule has 0 amide bonds. The predicted octanol–water partition coefficient (Wildman–Crippen LogP) is 2.68. The molecule has 1 atom stereocenters. The highest BCUT2D eigenvalue weighted by atomic mass is 16.5. The lowest BCUT2D eigenvalue weighted by Crippen LogP contribution is -2.21. The summed E-state index contributed by atoms with van der Waals surface area (Å²) < 4.78 is 10.5. The Morgan fingerprint density at radius 1 is 1.39 bits per heavy atom. The zero-order valence-electron chi connectivity index (χ0n) is 10.6. The van der Waals surface area contributed by atoms with E-state index < -0.39 is 0 Å². The van der Waals surface area contributed by atoms with Gasteiger partial charge in [0.1, 0.15) is 5.92 Å². The second-order valence-electron chi connectivity index (χ2n) is 4.20. The fourth-order valence-electron chi connectivity index (χ4n) is 2.18. The van der Waals surface area contributed by atoms with E-state index in [1.807, 2.05) is 43.3 Å². The zero-order valence-corrected chi connectivity index (χ0v) is 10.6. The molecule has 0 N–H and O–H groups in total. The van der Waals surface area contributed by atoms with Crippen molar-refractivity contribution in [2.45, 2.75) is 19.3 Å². The van der Waals surface area contributed by atoms with Crippen molar-refractivity contribution < 1.29 is 14.3 Å². The fraction of sp³-hybridized carbons (Fsp3) is 0.400. The topological polar surface area (TPSA) is 35.5 Å². The summed E-state index contributed by atoms with van der Waals surface area (Å²) in [5, 5.41) is 0. The van der Waals surface area contributed by atoms with Crippen molar-refractivity contribution in [2.24, 2.45) is 0 Å². The molecule has 0 aliphatic carbocycles. The van der Waals surface area contributed by atoms with Gasteiger partial charge < -0.3 is 9.47 Å². The third kappa shape index (κ3) is 2.99. The molecule has 18 heavy (non-hydrogen) atoms. The first-order chi connectivity index (χ1) is 8.83. The summed E-state index contributed by atoms with van der Waals surface area (Å²) in [6, 6.07) is 9.78. The first-order valence-corrected chi connectivity index (χ1v) is 6.31. The number of ether oxygens (including phenoxy) is 2. The van der Waals surface area contributed by atoms with Crippen LogP contribution in [0.4, 0.5) is 0 Å². The quantitative estimate of drug-likeness (QED) is 0.605. The molecule has 2 rings (SSSR count). The summed E-state index contributed by atoms with van der Waals surface area (Å²) >= 11 is 0. The normalized spacial score (nSPS) is 16.8. The van der Waals surface area contributed by atoms with Crippen LogP contribution in [0, 0.1) is 0 Å². The van der Waals surface area contributed by atoms with Gasteiger partial charge in [0.05, 0.1) is 19.8 Å². The number of hydrogen-bond donors (Lipinski definition) is 0. The molecule has 0 saturated carbocycles. The largest absolute Gasteiger partial charge is 0.465 e. The van der Waals surface area contributed by atoms with E-state index in [0.29, 0.717) is 19.8 Å². The van der Waals surface area contributed by atoms with Gasteiger partial charge in [-0.05, 0) is 18.9 Å². The van der Waals surface area contributed by atoms with Gasteiger partial charge in [0.2, 0.25) is 0 Å². The smallest absolute Gasteiger partial charge is 0.317 e. The maximum absolute atomic E-state index is 12.1. The second-order valence-corrected chi connectivity index (χ2v) is 4.20. The van der Waals surface area contributed by atoms with Crippen LogP contribution in [0.1, 0.15) is 24.8 Å². The van der Waals surface area contributed by atoms with E-state index in [1.165, 1.54) is 0 Å². The van der Waals surface area contributed by atoms with Gasteiger partial charge in [0, 0.05) is 0 Å². The molecule has 0 spiro atoms. The average Bonchev–Trinajstić information content (AvgIpc) is 2.42. The van der Waals surface area contributed by atoms with Crippen molar-refractivity contribution >= 4 is 5.97 Å². The molecule has 3 heteroatoms. The van der Waals surface area contributed by atoms with Crippen molar-refractivity contribution in [3.8, 4) is 0 Å². The van der Waals surface area contributed by atoms with Crippen LogP contribution in [-0.4, -0.2) is 25.8 Å². The third-order valence-electron chi connectivity index (χ3n) is 3.02. The van der Waals surface area contributed by atoms with Crippen molar-refractivity contribution in [3.05, 3.63) is 47.5 Å². The summed E-state index contributed by atoms with van der Waals surface area (Å²) in [7, 11) is 0. The minimum atomic E-state index is -0.282. The molecule has 0 radical (unpaired) electrons. The number of esters is 1. The van der Waals surface area contributed by atoms with Crippen molar-refractivity contribution in [3.63, 3.8) is 0 Å². The monoisotopic (exact) mass is 246 g/mol. The van der Waals surface area contributed by atoms with Gasteiger partial charge in [-0.25, -0.2) is 0 Å². The molecule has 1 aliphatic rings. The lowest BCUT2D eigenvalue weighted by Gasteiger charge is -2.22. The Balaban J connectivity index is 2.28. The molecular formula is C15H18O3. The molecule has 1 aliphatic heterocycles. The number of carbonyl (C=O) groups excluding carboxylic acids is 1. The molecular weight excluding hydrogens is 228 g/mol. The number of rotatable bonds is 4. The Kier molecular flexibility index (Phi) is 4.53. The highest BCUT2D eigenvalue weighted by Gasteiger charge is 2.26. The maximum atomic E-state index is 12.1. The fourth-order valence-corrected chi connectivity index (χ4v) is 2.18. The van der Waals surface area contributed by atoms with Gasteiger partial charge in [-0.15, -0.1) is 0 Å². The molecule has 0 fully saturated rings. The lowest BCUT2D eigenvalue weighted by molar-refractivity contribution is -0.144. The Morgan fingerprint density at radius 3 is 2.78 bits per heavy atom. The molecule has 1 aromatic carbocycles. The predicted molar refractivity (Wildman–Crippen MR) is 69.3 cm³/mol. The number of carbonyl (C=O) groups is 1. The molecule has 96 valence electrons. The first-order valence-electron chi connectivity index (χ1n) is 6.31. The van der Waals surface area contributed by atoms with E-state index in [1.54, 1.807) is 0 Å².